The number of rotatable bonds is 7. The summed E-state index contributed by atoms with van der Waals surface area (Å²) in [5.41, 5.74) is 0.844. The molecular formula is C21H18F3N5O3. The molecule has 2 heterocycles. The second-order valence-electron chi connectivity index (χ2n) is 6.90. The third-order valence-electron chi connectivity index (χ3n) is 4.48. The third kappa shape index (κ3) is 4.28. The number of benzene rings is 2. The van der Waals surface area contributed by atoms with Gasteiger partial charge >= 0.3 is 6.01 Å². The van der Waals surface area contributed by atoms with Crippen LogP contribution in [0.2, 0.25) is 0 Å². The first-order valence-electron chi connectivity index (χ1n) is 9.50. The second kappa shape index (κ2) is 8.71. The van der Waals surface area contributed by atoms with Crippen LogP contribution in [0.1, 0.15) is 6.92 Å². The molecular weight excluding hydrogens is 427 g/mol. The van der Waals surface area contributed by atoms with E-state index >= 15 is 0 Å². The minimum absolute atomic E-state index is 0.112. The third-order valence-corrected chi connectivity index (χ3v) is 4.48. The summed E-state index contributed by atoms with van der Waals surface area (Å²) < 4.78 is 51.9. The number of halogens is 3. The Labute approximate surface area is 180 Å². The molecule has 0 saturated carbocycles. The predicted octanol–water partition coefficient (Wildman–Crippen LogP) is 4.03. The van der Waals surface area contributed by atoms with Gasteiger partial charge in [0, 0.05) is 18.2 Å². The van der Waals surface area contributed by atoms with Crippen LogP contribution in [-0.4, -0.2) is 45.0 Å². The van der Waals surface area contributed by atoms with E-state index < -0.39 is 23.6 Å². The van der Waals surface area contributed by atoms with Gasteiger partial charge in [-0.3, -0.25) is 5.10 Å². The number of anilines is 1. The fourth-order valence-electron chi connectivity index (χ4n) is 3.04. The van der Waals surface area contributed by atoms with Crippen LogP contribution in [0.5, 0.6) is 17.5 Å². The summed E-state index contributed by atoms with van der Waals surface area (Å²) in [6.45, 7) is 1.68. The normalized spacial score (nSPS) is 12.1. The number of methoxy groups -OCH3 is 1. The van der Waals surface area contributed by atoms with Crippen LogP contribution in [0.3, 0.4) is 0 Å². The summed E-state index contributed by atoms with van der Waals surface area (Å²) in [6.07, 6.45) is -0.724. The highest BCUT2D eigenvalue weighted by Gasteiger charge is 2.21. The molecule has 0 fully saturated rings. The van der Waals surface area contributed by atoms with Crippen LogP contribution >= 0.6 is 0 Å². The molecule has 8 nitrogen and oxygen atoms in total. The van der Waals surface area contributed by atoms with E-state index in [1.54, 1.807) is 6.92 Å². The maximum atomic E-state index is 14.0. The lowest BCUT2D eigenvalue weighted by molar-refractivity contribution is 0.208. The van der Waals surface area contributed by atoms with Gasteiger partial charge in [0.25, 0.3) is 0 Å². The number of aliphatic hydroxyl groups is 1. The zero-order chi connectivity index (χ0) is 22.8. The maximum Gasteiger partial charge on any atom is 0.326 e. The summed E-state index contributed by atoms with van der Waals surface area (Å²) in [5.74, 6) is -1.89. The van der Waals surface area contributed by atoms with Gasteiger partial charge in [-0.15, -0.1) is 0 Å². The van der Waals surface area contributed by atoms with Crippen LogP contribution in [0, 0.1) is 17.5 Å². The molecule has 0 radical (unpaired) electrons. The van der Waals surface area contributed by atoms with E-state index in [4.69, 9.17) is 9.47 Å². The average Bonchev–Trinajstić information content (AvgIpc) is 3.18. The zero-order valence-electron chi connectivity index (χ0n) is 17.0. The van der Waals surface area contributed by atoms with E-state index in [0.717, 1.165) is 12.1 Å². The molecule has 11 heteroatoms. The molecule has 0 amide bonds. The molecule has 0 unspecified atom stereocenters. The Hall–Kier alpha value is -3.86. The first kappa shape index (κ1) is 21.4. The molecule has 0 aliphatic carbocycles. The first-order chi connectivity index (χ1) is 15.4. The maximum absolute atomic E-state index is 14.0. The molecule has 0 spiro atoms. The number of hydrogen-bond donors (Lipinski definition) is 3. The van der Waals surface area contributed by atoms with Crippen molar-refractivity contribution in [1.82, 2.24) is 20.2 Å². The van der Waals surface area contributed by atoms with Crippen LogP contribution < -0.4 is 14.8 Å². The molecule has 0 bridgehead atoms. The van der Waals surface area contributed by atoms with Crippen molar-refractivity contribution in [2.24, 2.45) is 0 Å². The molecule has 0 aliphatic rings. The average molecular weight is 445 g/mol. The van der Waals surface area contributed by atoms with E-state index in [-0.39, 0.29) is 29.8 Å². The van der Waals surface area contributed by atoms with Crippen molar-refractivity contribution in [3.63, 3.8) is 0 Å². The molecule has 1 atom stereocenters. The number of fused-ring (bicyclic) bond motifs is 1. The number of nitrogens with zero attached hydrogens (tertiary/aromatic N) is 3. The summed E-state index contributed by atoms with van der Waals surface area (Å²) >= 11 is 0. The van der Waals surface area contributed by atoms with Crippen molar-refractivity contribution in [3.8, 4) is 28.8 Å². The first-order valence-corrected chi connectivity index (χ1v) is 9.50. The van der Waals surface area contributed by atoms with Crippen molar-refractivity contribution >= 4 is 16.9 Å². The van der Waals surface area contributed by atoms with E-state index in [1.807, 2.05) is 0 Å². The van der Waals surface area contributed by atoms with Crippen molar-refractivity contribution in [2.75, 3.05) is 19.0 Å². The molecule has 0 aliphatic heterocycles. The number of aromatic amines is 1. The molecule has 2 aromatic carbocycles. The fraction of sp³-hybridized carbons (Fsp3) is 0.190. The van der Waals surface area contributed by atoms with Gasteiger partial charge in [-0.1, -0.05) is 0 Å². The van der Waals surface area contributed by atoms with Gasteiger partial charge in [-0.25, -0.2) is 13.2 Å². The molecule has 0 saturated heterocycles. The summed E-state index contributed by atoms with van der Waals surface area (Å²) in [7, 11) is 1.44. The molecule has 3 N–H and O–H groups in total. The Morgan fingerprint density at radius 3 is 2.47 bits per heavy atom. The number of hydrogen-bond acceptors (Lipinski definition) is 7. The SMILES string of the molecule is COc1ccc(F)cc1-c1n[nH]c2nc(Oc3ccc(F)cc3F)nc(NC[C@H](C)O)c12. The number of aliphatic hydroxyl groups excluding tert-OH is 1. The van der Waals surface area contributed by atoms with Crippen molar-refractivity contribution in [2.45, 2.75) is 13.0 Å². The van der Waals surface area contributed by atoms with Gasteiger partial charge in [-0.05, 0) is 37.3 Å². The van der Waals surface area contributed by atoms with Gasteiger partial charge in [0.05, 0.1) is 18.6 Å². The van der Waals surface area contributed by atoms with Crippen molar-refractivity contribution < 1.29 is 27.8 Å². The Morgan fingerprint density at radius 2 is 1.78 bits per heavy atom. The van der Waals surface area contributed by atoms with Crippen LogP contribution in [0.4, 0.5) is 19.0 Å². The smallest absolute Gasteiger partial charge is 0.326 e. The van der Waals surface area contributed by atoms with Gasteiger partial charge < -0.3 is 19.9 Å². The highest BCUT2D eigenvalue weighted by molar-refractivity contribution is 6.00. The topological polar surface area (TPSA) is 105 Å². The van der Waals surface area contributed by atoms with Crippen molar-refractivity contribution in [1.29, 1.82) is 0 Å². The monoisotopic (exact) mass is 445 g/mol. The van der Waals surface area contributed by atoms with Gasteiger partial charge in [0.15, 0.2) is 17.2 Å². The Bertz CT molecular complexity index is 1280. The van der Waals surface area contributed by atoms with Gasteiger partial charge in [0.2, 0.25) is 0 Å². The fourth-order valence-corrected chi connectivity index (χ4v) is 3.04. The molecule has 4 rings (SSSR count). The second-order valence-corrected chi connectivity index (χ2v) is 6.90. The highest BCUT2D eigenvalue weighted by atomic mass is 19.1. The Morgan fingerprint density at radius 1 is 1.06 bits per heavy atom. The number of aromatic nitrogens is 4. The van der Waals surface area contributed by atoms with E-state index in [0.29, 0.717) is 28.5 Å². The van der Waals surface area contributed by atoms with Crippen LogP contribution in [0.25, 0.3) is 22.3 Å². The standard InChI is InChI=1S/C21H18F3N5O3/c1-10(30)9-25-19-17-18(13-7-11(22)3-5-15(13)31-2)28-29-20(17)27-21(26-19)32-16-6-4-12(23)8-14(16)24/h3-8,10,30H,9H2,1-2H3,(H2,25,26,27,28,29)/t10-/m0/s1. The van der Waals surface area contributed by atoms with Crippen LogP contribution in [-0.2, 0) is 0 Å². The number of nitrogens with one attached hydrogen (secondary N) is 2. The molecule has 4 aromatic rings. The minimum atomic E-state index is -0.929. The Kier molecular flexibility index (Phi) is 5.82. The predicted molar refractivity (Wildman–Crippen MR) is 110 cm³/mol. The number of H-pyrrole nitrogens is 1. The lowest BCUT2D eigenvalue weighted by Crippen LogP contribution is -2.16. The Balaban J connectivity index is 1.84. The summed E-state index contributed by atoms with van der Waals surface area (Å²) in [6, 6.07) is 6.53. The summed E-state index contributed by atoms with van der Waals surface area (Å²) in [5, 5.41) is 20.0. The van der Waals surface area contributed by atoms with Gasteiger partial charge in [0.1, 0.15) is 28.9 Å². The van der Waals surface area contributed by atoms with E-state index in [9.17, 15) is 18.3 Å². The highest BCUT2D eigenvalue weighted by Crippen LogP contribution is 2.37. The molecule has 166 valence electrons. The van der Waals surface area contributed by atoms with E-state index in [1.165, 1.54) is 25.3 Å². The largest absolute Gasteiger partial charge is 0.496 e. The van der Waals surface area contributed by atoms with Crippen LogP contribution in [0.15, 0.2) is 36.4 Å². The summed E-state index contributed by atoms with van der Waals surface area (Å²) in [4.78, 5) is 8.45. The van der Waals surface area contributed by atoms with Crippen molar-refractivity contribution in [3.05, 3.63) is 53.8 Å². The lowest BCUT2D eigenvalue weighted by atomic mass is 10.1. The quantitative estimate of drug-likeness (QED) is 0.394. The zero-order valence-corrected chi connectivity index (χ0v) is 17.0. The van der Waals surface area contributed by atoms with Gasteiger partial charge in [-0.2, -0.15) is 15.1 Å². The number of ether oxygens (including phenoxy) is 2. The minimum Gasteiger partial charge on any atom is -0.496 e. The molecule has 32 heavy (non-hydrogen) atoms. The molecule has 2 aromatic heterocycles. The lowest BCUT2D eigenvalue weighted by Gasteiger charge is -2.12. The van der Waals surface area contributed by atoms with E-state index in [2.05, 4.69) is 25.5 Å².